The van der Waals surface area contributed by atoms with Crippen molar-refractivity contribution in [2.24, 2.45) is 0 Å². The Balaban J connectivity index is 2.24. The van der Waals surface area contributed by atoms with Gasteiger partial charge in [0.1, 0.15) is 0 Å². The smallest absolute Gasteiger partial charge is 0.0935 e. The molecule has 0 aromatic heterocycles. The van der Waals surface area contributed by atoms with E-state index < -0.39 is 0 Å². The van der Waals surface area contributed by atoms with Crippen LogP contribution in [0.3, 0.4) is 0 Å². The van der Waals surface area contributed by atoms with Crippen LogP contribution < -0.4 is 0 Å². The number of benzene rings is 1. The van der Waals surface area contributed by atoms with Crippen molar-refractivity contribution in [3.05, 3.63) is 34.9 Å². The monoisotopic (exact) mass is 350 g/mol. The molecule has 3 nitrogen and oxygen atoms in total. The second kappa shape index (κ2) is 10.6. The number of ether oxygens (including phenoxy) is 3. The molecule has 1 rings (SSSR count). The van der Waals surface area contributed by atoms with Crippen molar-refractivity contribution in [2.75, 3.05) is 38.9 Å². The largest absolute Gasteiger partial charge is 0.382 e. The van der Waals surface area contributed by atoms with Crippen LogP contribution >= 0.6 is 27.5 Å². The molecule has 0 aliphatic rings. The predicted octanol–water partition coefficient (Wildman–Crippen LogP) is 3.85. The second-order valence-corrected chi connectivity index (χ2v) is 5.05. The lowest BCUT2D eigenvalue weighted by molar-refractivity contribution is 0.0316. The lowest BCUT2D eigenvalue weighted by Gasteiger charge is -2.17. The van der Waals surface area contributed by atoms with E-state index in [-0.39, 0.29) is 6.10 Å². The molecule has 19 heavy (non-hydrogen) atoms. The summed E-state index contributed by atoms with van der Waals surface area (Å²) in [7, 11) is 1.66. The van der Waals surface area contributed by atoms with Gasteiger partial charge < -0.3 is 14.2 Å². The van der Waals surface area contributed by atoms with Gasteiger partial charge in [0.25, 0.3) is 0 Å². The molecule has 0 aliphatic heterocycles. The summed E-state index contributed by atoms with van der Waals surface area (Å²) in [6.45, 7) is 2.59. The molecule has 1 unspecified atom stereocenters. The van der Waals surface area contributed by atoms with Gasteiger partial charge in [-0.1, -0.05) is 45.7 Å². The van der Waals surface area contributed by atoms with Gasteiger partial charge in [-0.25, -0.2) is 0 Å². The van der Waals surface area contributed by atoms with Crippen molar-refractivity contribution < 1.29 is 14.2 Å². The molecule has 5 heteroatoms. The lowest BCUT2D eigenvalue weighted by Crippen LogP contribution is -2.10. The van der Waals surface area contributed by atoms with E-state index in [9.17, 15) is 0 Å². The topological polar surface area (TPSA) is 27.7 Å². The summed E-state index contributed by atoms with van der Waals surface area (Å²) in [5.41, 5.74) is 1.02. The zero-order valence-electron chi connectivity index (χ0n) is 11.1. The first-order valence-corrected chi connectivity index (χ1v) is 7.78. The summed E-state index contributed by atoms with van der Waals surface area (Å²) in [5.74, 6) is 0. The van der Waals surface area contributed by atoms with Crippen LogP contribution in [0.25, 0.3) is 0 Å². The molecule has 0 saturated carbocycles. The van der Waals surface area contributed by atoms with Crippen LogP contribution in [0.2, 0.25) is 5.02 Å². The predicted molar refractivity (Wildman–Crippen MR) is 81.3 cm³/mol. The Morgan fingerprint density at radius 1 is 1.16 bits per heavy atom. The number of alkyl halides is 1. The molecule has 0 fully saturated rings. The van der Waals surface area contributed by atoms with Crippen LogP contribution in [0, 0.1) is 0 Å². The molecule has 0 heterocycles. The van der Waals surface area contributed by atoms with Gasteiger partial charge in [-0.3, -0.25) is 0 Å². The quantitative estimate of drug-likeness (QED) is 0.473. The van der Waals surface area contributed by atoms with E-state index in [1.54, 1.807) is 7.11 Å². The highest BCUT2D eigenvalue weighted by Gasteiger charge is 2.13. The van der Waals surface area contributed by atoms with Crippen LogP contribution in [-0.2, 0) is 14.2 Å². The summed E-state index contributed by atoms with van der Waals surface area (Å²) in [5, 5.41) is 1.46. The maximum Gasteiger partial charge on any atom is 0.0935 e. The summed E-state index contributed by atoms with van der Waals surface area (Å²) >= 11 is 9.61. The molecule has 1 aromatic carbocycles. The molecule has 0 radical (unpaired) electrons. The van der Waals surface area contributed by atoms with Gasteiger partial charge in [-0.15, -0.1) is 0 Å². The van der Waals surface area contributed by atoms with Crippen molar-refractivity contribution in [1.29, 1.82) is 0 Å². The van der Waals surface area contributed by atoms with Gasteiger partial charge in [0.2, 0.25) is 0 Å². The summed E-state index contributed by atoms with van der Waals surface area (Å²) in [6.07, 6.45) is 0.838. The average Bonchev–Trinajstić information content (AvgIpc) is 2.43. The van der Waals surface area contributed by atoms with Crippen molar-refractivity contribution >= 4 is 27.5 Å². The standard InChI is InChI=1S/C14H20BrClO3/c1-17-9-10-18-7-4-8-19-14(11-15)12-5-2-3-6-13(12)16/h2-3,5-6,14H,4,7-11H2,1H3. The Bertz CT molecular complexity index is 349. The summed E-state index contributed by atoms with van der Waals surface area (Å²) in [4.78, 5) is 0. The lowest BCUT2D eigenvalue weighted by atomic mass is 10.1. The number of rotatable bonds is 10. The van der Waals surface area contributed by atoms with E-state index in [2.05, 4.69) is 15.9 Å². The summed E-state index contributed by atoms with van der Waals surface area (Å²) < 4.78 is 16.1. The third-order valence-electron chi connectivity index (χ3n) is 2.58. The fourth-order valence-electron chi connectivity index (χ4n) is 1.58. The Hall–Kier alpha value is -0.130. The molecule has 0 amide bonds. The Morgan fingerprint density at radius 2 is 1.95 bits per heavy atom. The number of methoxy groups -OCH3 is 1. The molecule has 0 spiro atoms. The Labute approximate surface area is 128 Å². The van der Waals surface area contributed by atoms with Crippen LogP contribution in [0.1, 0.15) is 18.1 Å². The van der Waals surface area contributed by atoms with Crippen LogP contribution in [0.5, 0.6) is 0 Å². The van der Waals surface area contributed by atoms with Crippen LogP contribution in [0.15, 0.2) is 24.3 Å². The van der Waals surface area contributed by atoms with E-state index in [4.69, 9.17) is 25.8 Å². The van der Waals surface area contributed by atoms with Crippen molar-refractivity contribution in [3.63, 3.8) is 0 Å². The molecular weight excluding hydrogens is 332 g/mol. The second-order valence-electron chi connectivity index (χ2n) is 3.99. The number of hydrogen-bond acceptors (Lipinski definition) is 3. The van der Waals surface area contributed by atoms with Crippen molar-refractivity contribution in [2.45, 2.75) is 12.5 Å². The molecule has 0 saturated heterocycles. The first-order valence-electron chi connectivity index (χ1n) is 6.28. The molecule has 0 bridgehead atoms. The maximum atomic E-state index is 6.16. The molecule has 0 aliphatic carbocycles. The van der Waals surface area contributed by atoms with E-state index in [1.807, 2.05) is 24.3 Å². The minimum atomic E-state index is -0.0207. The molecule has 0 N–H and O–H groups in total. The third-order valence-corrected chi connectivity index (χ3v) is 3.51. The van der Waals surface area contributed by atoms with E-state index in [1.165, 1.54) is 0 Å². The highest BCUT2D eigenvalue weighted by molar-refractivity contribution is 9.09. The molecule has 108 valence electrons. The zero-order valence-corrected chi connectivity index (χ0v) is 13.5. The van der Waals surface area contributed by atoms with Crippen molar-refractivity contribution in [3.8, 4) is 0 Å². The first-order chi connectivity index (χ1) is 9.29. The minimum Gasteiger partial charge on any atom is -0.382 e. The van der Waals surface area contributed by atoms with Gasteiger partial charge in [0.05, 0.1) is 19.3 Å². The Kier molecular flexibility index (Phi) is 9.47. The van der Waals surface area contributed by atoms with E-state index in [0.717, 1.165) is 22.3 Å². The normalized spacial score (nSPS) is 12.6. The Morgan fingerprint density at radius 3 is 2.63 bits per heavy atom. The molecule has 1 aromatic rings. The average molecular weight is 352 g/mol. The first kappa shape index (κ1) is 16.9. The number of halogens is 2. The van der Waals surface area contributed by atoms with E-state index >= 15 is 0 Å². The fraction of sp³-hybridized carbons (Fsp3) is 0.571. The maximum absolute atomic E-state index is 6.16. The van der Waals surface area contributed by atoms with E-state index in [0.29, 0.717) is 26.4 Å². The highest BCUT2D eigenvalue weighted by Crippen LogP contribution is 2.26. The number of hydrogen-bond donors (Lipinski definition) is 0. The zero-order chi connectivity index (χ0) is 13.9. The molecular formula is C14H20BrClO3. The summed E-state index contributed by atoms with van der Waals surface area (Å²) in [6, 6.07) is 7.75. The van der Waals surface area contributed by atoms with Gasteiger partial charge in [0.15, 0.2) is 0 Å². The van der Waals surface area contributed by atoms with Gasteiger partial charge in [-0.2, -0.15) is 0 Å². The van der Waals surface area contributed by atoms with Gasteiger partial charge in [0, 0.05) is 36.2 Å². The van der Waals surface area contributed by atoms with Crippen LogP contribution in [-0.4, -0.2) is 38.9 Å². The SMILES string of the molecule is COCCOCCCOC(CBr)c1ccccc1Cl. The van der Waals surface area contributed by atoms with Gasteiger partial charge in [-0.05, 0) is 12.5 Å². The molecule has 1 atom stereocenters. The van der Waals surface area contributed by atoms with Crippen molar-refractivity contribution in [1.82, 2.24) is 0 Å². The minimum absolute atomic E-state index is 0.0207. The fourth-order valence-corrected chi connectivity index (χ4v) is 2.38. The highest BCUT2D eigenvalue weighted by atomic mass is 79.9. The van der Waals surface area contributed by atoms with Gasteiger partial charge >= 0.3 is 0 Å². The van der Waals surface area contributed by atoms with Crippen LogP contribution in [0.4, 0.5) is 0 Å². The third kappa shape index (κ3) is 6.72.